The van der Waals surface area contributed by atoms with Crippen LogP contribution >= 0.6 is 0 Å². The Labute approximate surface area is 226 Å². The molecular weight excluding hydrogens is 476 g/mol. The number of likely N-dealkylation sites (N-methyl/N-ethyl adjacent to an activating group) is 1. The van der Waals surface area contributed by atoms with Gasteiger partial charge in [0.05, 0.1) is 18.4 Å². The zero-order valence-electron chi connectivity index (χ0n) is 22.5. The number of carbonyl (C=O) groups excluding carboxylic acids is 2. The number of cyclic esters (lactones) is 1. The van der Waals surface area contributed by atoms with Gasteiger partial charge in [-0.2, -0.15) is 0 Å². The van der Waals surface area contributed by atoms with Crippen LogP contribution in [0.2, 0.25) is 0 Å². The van der Waals surface area contributed by atoms with Gasteiger partial charge >= 0.3 is 5.97 Å². The Bertz CT molecular complexity index is 1150. The normalized spacial score (nSPS) is 23.4. The van der Waals surface area contributed by atoms with Crippen LogP contribution in [0.4, 0.5) is 5.69 Å². The van der Waals surface area contributed by atoms with Crippen molar-refractivity contribution in [2.24, 2.45) is 11.3 Å². The Hall–Kier alpha value is -3.12. The first-order chi connectivity index (χ1) is 18.4. The number of esters is 1. The minimum Gasteiger partial charge on any atom is -0.492 e. The third kappa shape index (κ3) is 5.96. The number of hydrogen-bond donors (Lipinski definition) is 1. The molecule has 0 spiro atoms. The molecule has 2 aliphatic carbocycles. The van der Waals surface area contributed by atoms with Gasteiger partial charge in [0.25, 0.3) is 0 Å². The van der Waals surface area contributed by atoms with Gasteiger partial charge in [-0.25, -0.2) is 0 Å². The number of anilines is 1. The lowest BCUT2D eigenvalue weighted by atomic mass is 9.75. The number of hydrogen-bond acceptors (Lipinski definition) is 5. The second kappa shape index (κ2) is 11.7. The summed E-state index contributed by atoms with van der Waals surface area (Å²) < 4.78 is 11.5. The van der Waals surface area contributed by atoms with Crippen LogP contribution < -0.4 is 10.1 Å². The monoisotopic (exact) mass is 516 g/mol. The highest BCUT2D eigenvalue weighted by Crippen LogP contribution is 2.52. The summed E-state index contributed by atoms with van der Waals surface area (Å²) in [5, 5.41) is 3.01. The average Bonchev–Trinajstić information content (AvgIpc) is 3.39. The SMILES string of the molecule is C=C1CC2COC(=O)C2(Cc2ccc(NC(=O)Cc3ccccc3OCCN(C)C3CCCCC3)cc2)C1. The van der Waals surface area contributed by atoms with Crippen LogP contribution in [0.3, 0.4) is 0 Å². The van der Waals surface area contributed by atoms with E-state index in [-0.39, 0.29) is 24.2 Å². The van der Waals surface area contributed by atoms with Gasteiger partial charge in [0.15, 0.2) is 0 Å². The Morgan fingerprint density at radius 1 is 1.13 bits per heavy atom. The zero-order chi connectivity index (χ0) is 26.5. The number of para-hydroxylation sites is 1. The summed E-state index contributed by atoms with van der Waals surface area (Å²) in [6, 6.07) is 16.2. The molecule has 1 saturated heterocycles. The number of carbonyl (C=O) groups is 2. The number of nitrogens with one attached hydrogen (secondary N) is 1. The van der Waals surface area contributed by atoms with Crippen molar-refractivity contribution < 1.29 is 19.1 Å². The second-order valence-corrected chi connectivity index (χ2v) is 11.4. The molecule has 2 aromatic rings. The number of ether oxygens (including phenoxy) is 2. The highest BCUT2D eigenvalue weighted by molar-refractivity contribution is 5.92. The molecule has 5 rings (SSSR count). The highest BCUT2D eigenvalue weighted by atomic mass is 16.5. The Morgan fingerprint density at radius 2 is 1.89 bits per heavy atom. The van der Waals surface area contributed by atoms with Gasteiger partial charge in [-0.15, -0.1) is 0 Å². The quantitative estimate of drug-likeness (QED) is 0.331. The first-order valence-corrected chi connectivity index (χ1v) is 14.1. The summed E-state index contributed by atoms with van der Waals surface area (Å²) in [5.41, 5.74) is 3.35. The maximum absolute atomic E-state index is 12.9. The van der Waals surface area contributed by atoms with E-state index in [1.54, 1.807) is 0 Å². The van der Waals surface area contributed by atoms with Crippen LogP contribution in [0.15, 0.2) is 60.7 Å². The first kappa shape index (κ1) is 26.5. The van der Waals surface area contributed by atoms with Crippen molar-refractivity contribution in [2.45, 2.75) is 63.8 Å². The Kier molecular flexibility index (Phi) is 8.18. The topological polar surface area (TPSA) is 67.9 Å². The molecule has 202 valence electrons. The Balaban J connectivity index is 1.13. The van der Waals surface area contributed by atoms with Crippen LogP contribution in [-0.4, -0.2) is 49.6 Å². The standard InChI is InChI=1S/C32H40N2O4/c1-23-18-26-22-38-31(36)32(26,20-23)21-24-12-14-27(15-13-24)33-30(35)19-25-8-6-7-11-29(25)37-17-16-34(2)28-9-4-3-5-10-28/h6-8,11-15,26,28H,1,3-5,9-10,16-22H2,2H3,(H,33,35). The molecule has 0 bridgehead atoms. The van der Waals surface area contributed by atoms with E-state index >= 15 is 0 Å². The molecule has 2 unspecified atom stereocenters. The fourth-order valence-electron chi connectivity index (χ4n) is 6.51. The van der Waals surface area contributed by atoms with Crippen molar-refractivity contribution in [3.63, 3.8) is 0 Å². The van der Waals surface area contributed by atoms with E-state index in [2.05, 4.69) is 23.8 Å². The van der Waals surface area contributed by atoms with Crippen molar-refractivity contribution in [3.8, 4) is 5.75 Å². The van der Waals surface area contributed by atoms with Gasteiger partial charge in [-0.1, -0.05) is 61.7 Å². The van der Waals surface area contributed by atoms with E-state index in [4.69, 9.17) is 9.47 Å². The molecule has 38 heavy (non-hydrogen) atoms. The maximum Gasteiger partial charge on any atom is 0.313 e. The molecule has 1 heterocycles. The Morgan fingerprint density at radius 3 is 2.68 bits per heavy atom. The molecule has 1 amide bonds. The van der Waals surface area contributed by atoms with Crippen molar-refractivity contribution >= 4 is 17.6 Å². The number of fused-ring (bicyclic) bond motifs is 1. The third-order valence-electron chi connectivity index (χ3n) is 8.68. The molecule has 2 saturated carbocycles. The molecule has 6 heteroatoms. The minimum absolute atomic E-state index is 0.0850. The van der Waals surface area contributed by atoms with Crippen molar-refractivity contribution in [1.29, 1.82) is 0 Å². The zero-order valence-corrected chi connectivity index (χ0v) is 22.5. The van der Waals surface area contributed by atoms with Gasteiger partial charge in [0.1, 0.15) is 12.4 Å². The van der Waals surface area contributed by atoms with Crippen LogP contribution in [-0.2, 0) is 27.2 Å². The predicted molar refractivity (Wildman–Crippen MR) is 149 cm³/mol. The van der Waals surface area contributed by atoms with Crippen molar-refractivity contribution in [1.82, 2.24) is 4.90 Å². The van der Waals surface area contributed by atoms with Gasteiger partial charge in [-0.3, -0.25) is 9.59 Å². The van der Waals surface area contributed by atoms with Crippen molar-refractivity contribution in [2.75, 3.05) is 32.1 Å². The number of amides is 1. The lowest BCUT2D eigenvalue weighted by Gasteiger charge is -2.31. The largest absolute Gasteiger partial charge is 0.492 e. The smallest absolute Gasteiger partial charge is 0.313 e. The number of benzene rings is 2. The lowest BCUT2D eigenvalue weighted by molar-refractivity contribution is -0.146. The van der Waals surface area contributed by atoms with Crippen LogP contribution in [0.25, 0.3) is 0 Å². The molecule has 2 atom stereocenters. The van der Waals surface area contributed by atoms with Gasteiger partial charge in [-0.05, 0) is 62.9 Å². The third-order valence-corrected chi connectivity index (χ3v) is 8.68. The average molecular weight is 517 g/mol. The summed E-state index contributed by atoms with van der Waals surface area (Å²) in [7, 11) is 2.19. The summed E-state index contributed by atoms with van der Waals surface area (Å²) in [5.74, 6) is 0.806. The second-order valence-electron chi connectivity index (χ2n) is 11.4. The molecule has 0 aromatic heterocycles. The number of rotatable bonds is 10. The van der Waals surface area contributed by atoms with Crippen LogP contribution in [0.1, 0.15) is 56.1 Å². The van der Waals surface area contributed by atoms with E-state index in [0.717, 1.165) is 41.1 Å². The van der Waals surface area contributed by atoms with Gasteiger partial charge in [0.2, 0.25) is 5.91 Å². The summed E-state index contributed by atoms with van der Waals surface area (Å²) in [4.78, 5) is 27.9. The van der Waals surface area contributed by atoms with E-state index in [9.17, 15) is 9.59 Å². The van der Waals surface area contributed by atoms with Gasteiger partial charge in [0, 0.05) is 29.8 Å². The molecular formula is C32H40N2O4. The maximum atomic E-state index is 12.9. The molecule has 3 aliphatic rings. The van der Waals surface area contributed by atoms with E-state index in [1.165, 1.54) is 32.1 Å². The molecule has 1 aliphatic heterocycles. The summed E-state index contributed by atoms with van der Waals surface area (Å²) in [6.45, 7) is 6.10. The fourth-order valence-corrected chi connectivity index (χ4v) is 6.51. The van der Waals surface area contributed by atoms with E-state index < -0.39 is 5.41 Å². The van der Waals surface area contributed by atoms with Crippen molar-refractivity contribution in [3.05, 3.63) is 71.8 Å². The minimum atomic E-state index is -0.475. The van der Waals surface area contributed by atoms with Crippen LogP contribution in [0.5, 0.6) is 5.75 Å². The first-order valence-electron chi connectivity index (χ1n) is 14.1. The lowest BCUT2D eigenvalue weighted by Crippen LogP contribution is -2.36. The summed E-state index contributed by atoms with van der Waals surface area (Å²) >= 11 is 0. The van der Waals surface area contributed by atoms with Gasteiger partial charge < -0.3 is 19.7 Å². The fraction of sp³-hybridized carbons (Fsp3) is 0.500. The number of nitrogens with zero attached hydrogens (tertiary/aromatic N) is 1. The molecule has 3 fully saturated rings. The molecule has 0 radical (unpaired) electrons. The molecule has 2 aromatic carbocycles. The summed E-state index contributed by atoms with van der Waals surface area (Å²) in [6.07, 6.45) is 9.00. The van der Waals surface area contributed by atoms with Crippen LogP contribution in [0, 0.1) is 11.3 Å². The number of allylic oxidation sites excluding steroid dienone is 1. The molecule has 1 N–H and O–H groups in total. The van der Waals surface area contributed by atoms with E-state index in [1.807, 2.05) is 48.5 Å². The highest BCUT2D eigenvalue weighted by Gasteiger charge is 2.55. The van der Waals surface area contributed by atoms with E-state index in [0.29, 0.717) is 32.1 Å². The predicted octanol–water partition coefficient (Wildman–Crippen LogP) is 5.56. The molecule has 6 nitrogen and oxygen atoms in total.